The van der Waals surface area contributed by atoms with E-state index in [-0.39, 0.29) is 24.1 Å². The van der Waals surface area contributed by atoms with Gasteiger partial charge in [-0.2, -0.15) is 0 Å². The fraction of sp³-hybridized carbons (Fsp3) is 0.588. The van der Waals surface area contributed by atoms with Crippen LogP contribution in [0.1, 0.15) is 30.7 Å². The maximum absolute atomic E-state index is 12.2. The molecule has 1 heterocycles. The van der Waals surface area contributed by atoms with Crippen LogP contribution in [0.5, 0.6) is 11.5 Å². The highest BCUT2D eigenvalue weighted by Crippen LogP contribution is 2.46. The molecule has 0 bridgehead atoms. The van der Waals surface area contributed by atoms with Crippen LogP contribution in [0.3, 0.4) is 0 Å². The fourth-order valence-corrected chi connectivity index (χ4v) is 3.47. The van der Waals surface area contributed by atoms with Crippen molar-refractivity contribution in [2.24, 2.45) is 5.92 Å². The molecule has 6 nitrogen and oxygen atoms in total. The molecule has 1 aliphatic heterocycles. The van der Waals surface area contributed by atoms with Crippen LogP contribution in [0.2, 0.25) is 0 Å². The van der Waals surface area contributed by atoms with E-state index in [1.165, 1.54) is 6.26 Å². The monoisotopic (exact) mass is 353 g/mol. The van der Waals surface area contributed by atoms with Crippen molar-refractivity contribution < 1.29 is 22.7 Å². The summed E-state index contributed by atoms with van der Waals surface area (Å²) in [6.07, 6.45) is 3.78. The SMILES string of the molecule is CS(=O)(=O)CCNC(=O)CC(c1ccc2c(c1)OCCO2)C1CC1. The molecule has 1 saturated carbocycles. The molecule has 3 rings (SSSR count). The molecule has 0 saturated heterocycles. The Morgan fingerprint density at radius 1 is 1.25 bits per heavy atom. The van der Waals surface area contributed by atoms with Crippen LogP contribution in [-0.2, 0) is 14.6 Å². The van der Waals surface area contributed by atoms with Crippen LogP contribution in [0.4, 0.5) is 0 Å². The van der Waals surface area contributed by atoms with Crippen molar-refractivity contribution in [2.75, 3.05) is 31.8 Å². The number of ether oxygens (including phenoxy) is 2. The second kappa shape index (κ2) is 7.01. The minimum absolute atomic E-state index is 0.0309. The molecule has 0 radical (unpaired) electrons. The zero-order valence-electron chi connectivity index (χ0n) is 13.8. The van der Waals surface area contributed by atoms with Gasteiger partial charge in [0.15, 0.2) is 11.5 Å². The van der Waals surface area contributed by atoms with Gasteiger partial charge in [0.25, 0.3) is 0 Å². The van der Waals surface area contributed by atoms with Crippen molar-refractivity contribution >= 4 is 15.7 Å². The molecule has 1 aromatic carbocycles. The number of amides is 1. The van der Waals surface area contributed by atoms with E-state index in [2.05, 4.69) is 5.32 Å². The Hall–Kier alpha value is -1.76. The number of rotatable bonds is 7. The lowest BCUT2D eigenvalue weighted by Gasteiger charge is -2.22. The van der Waals surface area contributed by atoms with E-state index in [1.54, 1.807) is 0 Å². The number of hydrogen-bond donors (Lipinski definition) is 1. The maximum atomic E-state index is 12.2. The van der Waals surface area contributed by atoms with Gasteiger partial charge < -0.3 is 14.8 Å². The molecule has 0 aromatic heterocycles. The minimum atomic E-state index is -3.06. The van der Waals surface area contributed by atoms with Gasteiger partial charge in [-0.15, -0.1) is 0 Å². The first-order valence-electron chi connectivity index (χ1n) is 8.26. The number of fused-ring (bicyclic) bond motifs is 1. The predicted molar refractivity (Wildman–Crippen MR) is 90.2 cm³/mol. The van der Waals surface area contributed by atoms with E-state index in [1.807, 2.05) is 18.2 Å². The van der Waals surface area contributed by atoms with Crippen molar-refractivity contribution in [3.63, 3.8) is 0 Å². The Bertz CT molecular complexity index is 712. The van der Waals surface area contributed by atoms with Crippen LogP contribution < -0.4 is 14.8 Å². The zero-order chi connectivity index (χ0) is 17.2. The largest absolute Gasteiger partial charge is 0.486 e. The van der Waals surface area contributed by atoms with Gasteiger partial charge >= 0.3 is 0 Å². The van der Waals surface area contributed by atoms with Crippen LogP contribution in [0, 0.1) is 5.92 Å². The zero-order valence-corrected chi connectivity index (χ0v) is 14.6. The number of benzene rings is 1. The highest BCUT2D eigenvalue weighted by Gasteiger charge is 2.34. The maximum Gasteiger partial charge on any atom is 0.220 e. The summed E-state index contributed by atoms with van der Waals surface area (Å²) in [5.74, 6) is 1.99. The van der Waals surface area contributed by atoms with E-state index < -0.39 is 9.84 Å². The van der Waals surface area contributed by atoms with Gasteiger partial charge in [0, 0.05) is 19.2 Å². The van der Waals surface area contributed by atoms with Gasteiger partial charge in [0.2, 0.25) is 5.91 Å². The molecule has 1 N–H and O–H groups in total. The third-order valence-electron chi connectivity index (χ3n) is 4.39. The highest BCUT2D eigenvalue weighted by molar-refractivity contribution is 7.90. The summed E-state index contributed by atoms with van der Waals surface area (Å²) in [4.78, 5) is 12.2. The summed E-state index contributed by atoms with van der Waals surface area (Å²) >= 11 is 0. The molecular weight excluding hydrogens is 330 g/mol. The van der Waals surface area contributed by atoms with Gasteiger partial charge in [-0.25, -0.2) is 8.42 Å². The van der Waals surface area contributed by atoms with Gasteiger partial charge in [-0.3, -0.25) is 4.79 Å². The summed E-state index contributed by atoms with van der Waals surface area (Å²) in [6.45, 7) is 1.26. The van der Waals surface area contributed by atoms with Crippen molar-refractivity contribution in [3.8, 4) is 11.5 Å². The first-order chi connectivity index (χ1) is 11.4. The van der Waals surface area contributed by atoms with E-state index in [4.69, 9.17) is 9.47 Å². The molecule has 1 unspecified atom stereocenters. The molecule has 1 atom stereocenters. The molecular formula is C17H23NO5S. The molecule has 1 amide bonds. The topological polar surface area (TPSA) is 81.7 Å². The standard InChI is InChI=1S/C17H23NO5S/c1-24(20,21)9-6-18-17(19)11-14(12-2-3-12)13-4-5-15-16(10-13)23-8-7-22-15/h4-5,10,12,14H,2-3,6-9,11H2,1H3,(H,18,19). The van der Waals surface area contributed by atoms with Crippen molar-refractivity contribution in [3.05, 3.63) is 23.8 Å². The number of hydrogen-bond acceptors (Lipinski definition) is 5. The third kappa shape index (κ3) is 4.63. The normalized spacial score (nSPS) is 18.0. The van der Waals surface area contributed by atoms with Gasteiger partial charge in [0.05, 0.1) is 5.75 Å². The Morgan fingerprint density at radius 2 is 1.96 bits per heavy atom. The van der Waals surface area contributed by atoms with Crippen LogP contribution in [0.25, 0.3) is 0 Å². The quantitative estimate of drug-likeness (QED) is 0.803. The Labute approximate surface area is 142 Å². The lowest BCUT2D eigenvalue weighted by molar-refractivity contribution is -0.121. The molecule has 1 fully saturated rings. The van der Waals surface area contributed by atoms with Crippen molar-refractivity contribution in [2.45, 2.75) is 25.2 Å². The Kier molecular flexibility index (Phi) is 4.99. The Morgan fingerprint density at radius 3 is 2.62 bits per heavy atom. The van der Waals surface area contributed by atoms with Crippen LogP contribution in [0.15, 0.2) is 18.2 Å². The first-order valence-corrected chi connectivity index (χ1v) is 10.3. The second-order valence-corrected chi connectivity index (χ2v) is 8.79. The number of nitrogens with one attached hydrogen (secondary N) is 1. The molecule has 1 aromatic rings. The summed E-state index contributed by atoms with van der Waals surface area (Å²) in [5, 5.41) is 2.71. The number of sulfone groups is 1. The number of carbonyl (C=O) groups excluding carboxylic acids is 1. The predicted octanol–water partition coefficient (Wildman–Crippen LogP) is 1.50. The molecule has 0 spiro atoms. The van der Waals surface area contributed by atoms with Gasteiger partial charge in [-0.1, -0.05) is 6.07 Å². The molecule has 7 heteroatoms. The van der Waals surface area contributed by atoms with Crippen molar-refractivity contribution in [1.29, 1.82) is 0 Å². The third-order valence-corrected chi connectivity index (χ3v) is 5.33. The average Bonchev–Trinajstić information content (AvgIpc) is 3.35. The summed E-state index contributed by atoms with van der Waals surface area (Å²) in [6, 6.07) is 5.88. The highest BCUT2D eigenvalue weighted by atomic mass is 32.2. The average molecular weight is 353 g/mol. The molecule has 1 aliphatic carbocycles. The second-order valence-electron chi connectivity index (χ2n) is 6.53. The van der Waals surface area contributed by atoms with E-state index in [0.29, 0.717) is 25.6 Å². The van der Waals surface area contributed by atoms with Crippen LogP contribution >= 0.6 is 0 Å². The molecule has 2 aliphatic rings. The molecule has 24 heavy (non-hydrogen) atoms. The molecule has 132 valence electrons. The fourth-order valence-electron chi connectivity index (χ4n) is 2.99. The Balaban J connectivity index is 1.64. The van der Waals surface area contributed by atoms with E-state index >= 15 is 0 Å². The van der Waals surface area contributed by atoms with Crippen LogP contribution in [-0.4, -0.2) is 46.1 Å². The minimum Gasteiger partial charge on any atom is -0.486 e. The lowest BCUT2D eigenvalue weighted by Crippen LogP contribution is -2.30. The summed E-state index contributed by atoms with van der Waals surface area (Å²) in [5.41, 5.74) is 1.08. The summed E-state index contributed by atoms with van der Waals surface area (Å²) in [7, 11) is -3.06. The summed E-state index contributed by atoms with van der Waals surface area (Å²) < 4.78 is 33.4. The number of carbonyl (C=O) groups is 1. The van der Waals surface area contributed by atoms with Gasteiger partial charge in [-0.05, 0) is 42.4 Å². The van der Waals surface area contributed by atoms with Gasteiger partial charge in [0.1, 0.15) is 23.1 Å². The van der Waals surface area contributed by atoms with Crippen molar-refractivity contribution in [1.82, 2.24) is 5.32 Å². The first kappa shape index (κ1) is 17.1. The van der Waals surface area contributed by atoms with E-state index in [9.17, 15) is 13.2 Å². The lowest BCUT2D eigenvalue weighted by atomic mass is 9.90. The van der Waals surface area contributed by atoms with E-state index in [0.717, 1.165) is 29.9 Å². The smallest absolute Gasteiger partial charge is 0.220 e.